The Labute approximate surface area is 161 Å². The first kappa shape index (κ1) is 19.5. The van der Waals surface area contributed by atoms with E-state index in [1.54, 1.807) is 0 Å². The van der Waals surface area contributed by atoms with Gasteiger partial charge in [-0.25, -0.2) is 0 Å². The second-order valence-corrected chi connectivity index (χ2v) is 7.01. The molecule has 1 unspecified atom stereocenters. The highest BCUT2D eigenvalue weighted by molar-refractivity contribution is 5.85. The number of fused-ring (bicyclic) bond motifs is 1. The van der Waals surface area contributed by atoms with Crippen LogP contribution in [0.5, 0.6) is 5.75 Å². The van der Waals surface area contributed by atoms with E-state index in [0.29, 0.717) is 13.2 Å². The first-order valence-electron chi connectivity index (χ1n) is 9.94. The van der Waals surface area contributed by atoms with Gasteiger partial charge in [0, 0.05) is 23.6 Å². The van der Waals surface area contributed by atoms with Gasteiger partial charge in [0.15, 0.2) is 0 Å². The minimum atomic E-state index is -0.503. The summed E-state index contributed by atoms with van der Waals surface area (Å²) in [5.74, 6) is 0.811. The first-order chi connectivity index (χ1) is 13.3. The lowest BCUT2D eigenvalue weighted by Crippen LogP contribution is -2.32. The number of hydrogen-bond donors (Lipinski definition) is 3. The standard InChI is InChI=1S/C23H30N2O2/c26-20(18-27-23-13-8-12-22-21(23)14-16-25-22)17-24-15-7-2-1-4-9-19-10-5-3-6-11-19/h3,5-6,8,10-14,16,20,24-26H,1-2,4,7,9,15,17-18H2. The van der Waals surface area contributed by atoms with E-state index in [4.69, 9.17) is 4.74 Å². The summed E-state index contributed by atoms with van der Waals surface area (Å²) in [4.78, 5) is 3.16. The monoisotopic (exact) mass is 366 g/mol. The average Bonchev–Trinajstić information content (AvgIpc) is 3.18. The first-order valence-corrected chi connectivity index (χ1v) is 9.94. The summed E-state index contributed by atoms with van der Waals surface area (Å²) < 4.78 is 5.78. The van der Waals surface area contributed by atoms with E-state index in [2.05, 4.69) is 40.6 Å². The summed E-state index contributed by atoms with van der Waals surface area (Å²) in [6.45, 7) is 1.80. The van der Waals surface area contributed by atoms with Gasteiger partial charge in [0.05, 0.1) is 0 Å². The lowest BCUT2D eigenvalue weighted by Gasteiger charge is -2.14. The smallest absolute Gasteiger partial charge is 0.128 e. The second-order valence-electron chi connectivity index (χ2n) is 7.01. The van der Waals surface area contributed by atoms with Crippen molar-refractivity contribution in [1.82, 2.24) is 10.3 Å². The molecule has 0 saturated carbocycles. The average molecular weight is 367 g/mol. The molecule has 0 aliphatic carbocycles. The molecule has 0 aliphatic rings. The number of H-pyrrole nitrogens is 1. The topological polar surface area (TPSA) is 57.3 Å². The number of benzene rings is 2. The SMILES string of the molecule is OC(CNCCCCCCc1ccccc1)COc1cccc2[nH]ccc12. The Bertz CT molecular complexity index is 785. The third kappa shape index (κ3) is 6.42. The van der Waals surface area contributed by atoms with Crippen molar-refractivity contribution in [2.75, 3.05) is 19.7 Å². The molecule has 4 heteroatoms. The molecular formula is C23H30N2O2. The molecule has 27 heavy (non-hydrogen) atoms. The number of unbranched alkanes of at least 4 members (excludes halogenated alkanes) is 3. The van der Waals surface area contributed by atoms with Crippen molar-refractivity contribution in [3.63, 3.8) is 0 Å². The summed E-state index contributed by atoms with van der Waals surface area (Å²) in [5, 5.41) is 14.5. The fourth-order valence-electron chi connectivity index (χ4n) is 3.27. The van der Waals surface area contributed by atoms with Crippen molar-refractivity contribution in [3.8, 4) is 5.75 Å². The van der Waals surface area contributed by atoms with Crippen molar-refractivity contribution >= 4 is 10.9 Å². The molecular weight excluding hydrogens is 336 g/mol. The zero-order valence-corrected chi connectivity index (χ0v) is 15.9. The van der Waals surface area contributed by atoms with Crippen LogP contribution in [-0.4, -0.2) is 35.9 Å². The Morgan fingerprint density at radius 3 is 2.67 bits per heavy atom. The van der Waals surface area contributed by atoms with Gasteiger partial charge in [0.1, 0.15) is 18.5 Å². The number of aryl methyl sites for hydroxylation is 1. The predicted octanol–water partition coefficient (Wildman–Crippen LogP) is 4.30. The largest absolute Gasteiger partial charge is 0.490 e. The second kappa shape index (κ2) is 10.8. The number of aliphatic hydroxyl groups excluding tert-OH is 1. The lowest BCUT2D eigenvalue weighted by molar-refractivity contribution is 0.107. The highest BCUT2D eigenvalue weighted by Crippen LogP contribution is 2.24. The van der Waals surface area contributed by atoms with Gasteiger partial charge >= 0.3 is 0 Å². The van der Waals surface area contributed by atoms with Crippen molar-refractivity contribution in [1.29, 1.82) is 0 Å². The molecule has 2 aromatic carbocycles. The maximum atomic E-state index is 10.1. The van der Waals surface area contributed by atoms with E-state index in [1.807, 2.05) is 30.5 Å². The summed E-state index contributed by atoms with van der Waals surface area (Å²) >= 11 is 0. The normalized spacial score (nSPS) is 12.3. The number of hydrogen-bond acceptors (Lipinski definition) is 3. The number of ether oxygens (including phenoxy) is 1. The van der Waals surface area contributed by atoms with Crippen LogP contribution in [-0.2, 0) is 6.42 Å². The number of aliphatic hydroxyl groups is 1. The van der Waals surface area contributed by atoms with Crippen LogP contribution in [0, 0.1) is 0 Å². The van der Waals surface area contributed by atoms with Gasteiger partial charge in [-0.05, 0) is 49.6 Å². The number of rotatable bonds is 12. The highest BCUT2D eigenvalue weighted by atomic mass is 16.5. The zero-order valence-electron chi connectivity index (χ0n) is 15.9. The highest BCUT2D eigenvalue weighted by Gasteiger charge is 2.07. The Hall–Kier alpha value is -2.30. The molecule has 0 amide bonds. The quantitative estimate of drug-likeness (QED) is 0.419. The van der Waals surface area contributed by atoms with E-state index < -0.39 is 6.10 Å². The lowest BCUT2D eigenvalue weighted by atomic mass is 10.1. The molecule has 1 heterocycles. The molecule has 3 aromatic rings. The Kier molecular flexibility index (Phi) is 7.75. The Morgan fingerprint density at radius 2 is 1.78 bits per heavy atom. The van der Waals surface area contributed by atoms with Gasteiger partial charge in [0.25, 0.3) is 0 Å². The fraction of sp³-hybridized carbons (Fsp3) is 0.391. The molecule has 4 nitrogen and oxygen atoms in total. The summed E-state index contributed by atoms with van der Waals surface area (Å²) in [6, 6.07) is 18.6. The van der Waals surface area contributed by atoms with Crippen LogP contribution in [0.25, 0.3) is 10.9 Å². The number of aromatic amines is 1. The molecule has 1 aromatic heterocycles. The van der Waals surface area contributed by atoms with E-state index in [9.17, 15) is 5.11 Å². The molecule has 0 saturated heterocycles. The van der Waals surface area contributed by atoms with Gasteiger partial charge in [-0.1, -0.05) is 49.2 Å². The van der Waals surface area contributed by atoms with Crippen LogP contribution in [0.1, 0.15) is 31.2 Å². The minimum absolute atomic E-state index is 0.300. The van der Waals surface area contributed by atoms with E-state index >= 15 is 0 Å². The number of nitrogens with one attached hydrogen (secondary N) is 2. The van der Waals surface area contributed by atoms with E-state index in [1.165, 1.54) is 24.8 Å². The van der Waals surface area contributed by atoms with Crippen LogP contribution in [0.15, 0.2) is 60.8 Å². The number of aromatic nitrogens is 1. The van der Waals surface area contributed by atoms with Gasteiger partial charge in [0.2, 0.25) is 0 Å². The van der Waals surface area contributed by atoms with Crippen LogP contribution in [0.2, 0.25) is 0 Å². The molecule has 144 valence electrons. The van der Waals surface area contributed by atoms with Gasteiger partial charge in [-0.3, -0.25) is 0 Å². The van der Waals surface area contributed by atoms with E-state index in [0.717, 1.165) is 36.0 Å². The third-order valence-corrected chi connectivity index (χ3v) is 4.78. The van der Waals surface area contributed by atoms with Gasteiger partial charge < -0.3 is 20.1 Å². The van der Waals surface area contributed by atoms with Crippen LogP contribution >= 0.6 is 0 Å². The molecule has 0 bridgehead atoms. The van der Waals surface area contributed by atoms with Crippen LogP contribution in [0.3, 0.4) is 0 Å². The maximum absolute atomic E-state index is 10.1. The molecule has 0 spiro atoms. The fourth-order valence-corrected chi connectivity index (χ4v) is 3.27. The van der Waals surface area contributed by atoms with Crippen molar-refractivity contribution in [2.24, 2.45) is 0 Å². The minimum Gasteiger partial charge on any atom is -0.490 e. The molecule has 1 atom stereocenters. The van der Waals surface area contributed by atoms with Gasteiger partial charge in [-0.15, -0.1) is 0 Å². The van der Waals surface area contributed by atoms with Crippen LogP contribution < -0.4 is 10.1 Å². The van der Waals surface area contributed by atoms with Crippen molar-refractivity contribution in [2.45, 2.75) is 38.2 Å². The third-order valence-electron chi connectivity index (χ3n) is 4.78. The Balaban J connectivity index is 1.22. The molecule has 0 aliphatic heterocycles. The summed E-state index contributed by atoms with van der Waals surface area (Å²) in [5.41, 5.74) is 2.47. The molecule has 0 radical (unpaired) electrons. The summed E-state index contributed by atoms with van der Waals surface area (Å²) in [7, 11) is 0. The maximum Gasteiger partial charge on any atom is 0.128 e. The predicted molar refractivity (Wildman–Crippen MR) is 111 cm³/mol. The molecule has 3 N–H and O–H groups in total. The molecule has 0 fully saturated rings. The van der Waals surface area contributed by atoms with Crippen LogP contribution in [0.4, 0.5) is 0 Å². The van der Waals surface area contributed by atoms with Crippen molar-refractivity contribution < 1.29 is 9.84 Å². The molecule has 3 rings (SSSR count). The Morgan fingerprint density at radius 1 is 0.926 bits per heavy atom. The van der Waals surface area contributed by atoms with Gasteiger partial charge in [-0.2, -0.15) is 0 Å². The van der Waals surface area contributed by atoms with Crippen molar-refractivity contribution in [3.05, 3.63) is 66.4 Å². The summed E-state index contributed by atoms with van der Waals surface area (Å²) in [6.07, 6.45) is 7.42. The van der Waals surface area contributed by atoms with E-state index in [-0.39, 0.29) is 0 Å². The zero-order chi connectivity index (χ0) is 18.7.